The summed E-state index contributed by atoms with van der Waals surface area (Å²) < 4.78 is 34.7. The third-order valence-corrected chi connectivity index (χ3v) is 3.43. The van der Waals surface area contributed by atoms with Gasteiger partial charge in [0.2, 0.25) is 0 Å². The first kappa shape index (κ1) is 14.2. The Balaban J connectivity index is 2.07. The first-order valence-electron chi connectivity index (χ1n) is 6.32. The molecule has 0 bridgehead atoms. The lowest BCUT2D eigenvalue weighted by Crippen LogP contribution is -2.14. The van der Waals surface area contributed by atoms with Crippen LogP contribution in [0, 0.1) is 0 Å². The number of ether oxygens (including phenoxy) is 2. The summed E-state index contributed by atoms with van der Waals surface area (Å²) >= 11 is 6.14. The summed E-state index contributed by atoms with van der Waals surface area (Å²) in [5.74, 6) is 0.299. The van der Waals surface area contributed by atoms with Crippen LogP contribution in [0.25, 0.3) is 11.4 Å². The second kappa shape index (κ2) is 5.91. The van der Waals surface area contributed by atoms with Crippen LogP contribution in [-0.2, 0) is 17.8 Å². The van der Waals surface area contributed by atoms with E-state index in [1.165, 1.54) is 6.07 Å². The fourth-order valence-corrected chi connectivity index (χ4v) is 2.41. The van der Waals surface area contributed by atoms with Gasteiger partial charge in [-0.15, -0.1) is 0 Å². The number of hydrogen-bond acceptors (Lipinski definition) is 4. The molecule has 110 valence electrons. The molecule has 0 atom stereocenters. The number of para-hydroxylation sites is 1. The van der Waals surface area contributed by atoms with E-state index >= 15 is 0 Å². The van der Waals surface area contributed by atoms with Crippen LogP contribution >= 0.6 is 11.6 Å². The molecule has 3 rings (SSSR count). The van der Waals surface area contributed by atoms with Gasteiger partial charge in [-0.1, -0.05) is 23.7 Å². The molecule has 0 aliphatic carbocycles. The van der Waals surface area contributed by atoms with E-state index in [1.807, 2.05) is 0 Å². The Labute approximate surface area is 124 Å². The summed E-state index contributed by atoms with van der Waals surface area (Å²) in [6.45, 7) is -1.99. The number of halogens is 3. The fraction of sp³-hybridized carbons (Fsp3) is 0.286. The van der Waals surface area contributed by atoms with Gasteiger partial charge in [0.15, 0.2) is 5.82 Å². The van der Waals surface area contributed by atoms with E-state index in [-0.39, 0.29) is 16.7 Å². The van der Waals surface area contributed by atoms with E-state index in [0.29, 0.717) is 25.2 Å². The van der Waals surface area contributed by atoms with Crippen LogP contribution in [0.15, 0.2) is 24.3 Å². The highest BCUT2D eigenvalue weighted by atomic mass is 35.5. The lowest BCUT2D eigenvalue weighted by atomic mass is 10.1. The maximum Gasteiger partial charge on any atom is 0.387 e. The highest BCUT2D eigenvalue weighted by molar-refractivity contribution is 6.30. The van der Waals surface area contributed by atoms with E-state index in [0.717, 1.165) is 11.3 Å². The molecule has 0 N–H and O–H groups in total. The monoisotopic (exact) mass is 312 g/mol. The molecule has 21 heavy (non-hydrogen) atoms. The number of aromatic nitrogens is 2. The van der Waals surface area contributed by atoms with Gasteiger partial charge in [0.1, 0.15) is 10.9 Å². The Morgan fingerprint density at radius 2 is 2.05 bits per heavy atom. The zero-order valence-electron chi connectivity index (χ0n) is 10.9. The van der Waals surface area contributed by atoms with Gasteiger partial charge in [0, 0.05) is 12.0 Å². The van der Waals surface area contributed by atoms with Gasteiger partial charge < -0.3 is 9.47 Å². The number of nitrogens with zero attached hydrogens (tertiary/aromatic N) is 2. The molecule has 0 spiro atoms. The average Bonchev–Trinajstić information content (AvgIpc) is 2.47. The molecule has 0 fully saturated rings. The van der Waals surface area contributed by atoms with Crippen molar-refractivity contribution in [3.8, 4) is 17.1 Å². The molecule has 4 nitrogen and oxygen atoms in total. The van der Waals surface area contributed by atoms with Gasteiger partial charge in [0.05, 0.1) is 24.5 Å². The van der Waals surface area contributed by atoms with E-state index < -0.39 is 6.61 Å². The highest BCUT2D eigenvalue weighted by Crippen LogP contribution is 2.31. The molecule has 0 unspecified atom stereocenters. The molecule has 0 saturated carbocycles. The molecule has 2 aromatic rings. The van der Waals surface area contributed by atoms with Crippen LogP contribution < -0.4 is 4.74 Å². The second-order valence-corrected chi connectivity index (χ2v) is 4.80. The van der Waals surface area contributed by atoms with Crippen LogP contribution in [0.4, 0.5) is 8.78 Å². The van der Waals surface area contributed by atoms with E-state index in [4.69, 9.17) is 16.3 Å². The molecule has 0 saturated heterocycles. The minimum atomic E-state index is -2.91. The number of fused-ring (bicyclic) bond motifs is 1. The van der Waals surface area contributed by atoms with E-state index in [9.17, 15) is 8.78 Å². The van der Waals surface area contributed by atoms with Gasteiger partial charge >= 0.3 is 6.61 Å². The van der Waals surface area contributed by atoms with Crippen molar-refractivity contribution in [3.63, 3.8) is 0 Å². The molecule has 1 aliphatic heterocycles. The third kappa shape index (κ3) is 2.96. The predicted octanol–water partition coefficient (Wildman–Crippen LogP) is 3.47. The molecular formula is C14H11ClF2N2O2. The van der Waals surface area contributed by atoms with Crippen LogP contribution in [-0.4, -0.2) is 23.2 Å². The number of alkyl halides is 2. The Morgan fingerprint density at radius 1 is 1.24 bits per heavy atom. The molecule has 2 heterocycles. The topological polar surface area (TPSA) is 44.2 Å². The Morgan fingerprint density at radius 3 is 2.86 bits per heavy atom. The molecular weight excluding hydrogens is 302 g/mol. The first-order valence-corrected chi connectivity index (χ1v) is 6.70. The Bertz CT molecular complexity index is 667. The molecule has 7 heteroatoms. The van der Waals surface area contributed by atoms with Gasteiger partial charge in [-0.25, -0.2) is 9.97 Å². The largest absolute Gasteiger partial charge is 0.434 e. The van der Waals surface area contributed by atoms with Crippen molar-refractivity contribution in [3.05, 3.63) is 40.7 Å². The second-order valence-electron chi connectivity index (χ2n) is 4.44. The zero-order chi connectivity index (χ0) is 14.8. The summed E-state index contributed by atoms with van der Waals surface area (Å²) in [4.78, 5) is 8.59. The normalized spacial score (nSPS) is 14.1. The standard InChI is InChI=1S/C14H11ClF2N2O2/c15-12-9-7-20-6-5-10(9)18-13(19-12)8-3-1-2-4-11(8)21-14(16)17/h1-4,14H,5-7H2. The minimum Gasteiger partial charge on any atom is -0.434 e. The molecule has 0 amide bonds. The zero-order valence-corrected chi connectivity index (χ0v) is 11.6. The SMILES string of the molecule is FC(F)Oc1ccccc1-c1nc(Cl)c2c(n1)CCOC2. The summed E-state index contributed by atoms with van der Waals surface area (Å²) in [5.41, 5.74) is 1.91. The van der Waals surface area contributed by atoms with Crippen LogP contribution in [0.2, 0.25) is 5.15 Å². The van der Waals surface area contributed by atoms with Crippen molar-refractivity contribution in [1.82, 2.24) is 9.97 Å². The van der Waals surface area contributed by atoms with Crippen molar-refractivity contribution in [1.29, 1.82) is 0 Å². The summed E-state index contributed by atoms with van der Waals surface area (Å²) in [7, 11) is 0. The molecule has 1 aliphatic rings. The first-order chi connectivity index (χ1) is 10.1. The Hall–Kier alpha value is -1.79. The van der Waals surface area contributed by atoms with Crippen LogP contribution in [0.5, 0.6) is 5.75 Å². The average molecular weight is 313 g/mol. The molecule has 0 radical (unpaired) electrons. The summed E-state index contributed by atoms with van der Waals surface area (Å²) in [6, 6.07) is 6.37. The van der Waals surface area contributed by atoms with Crippen LogP contribution in [0.1, 0.15) is 11.3 Å². The fourth-order valence-electron chi connectivity index (χ4n) is 2.16. The lowest BCUT2D eigenvalue weighted by molar-refractivity contribution is -0.0494. The Kier molecular flexibility index (Phi) is 3.98. The quantitative estimate of drug-likeness (QED) is 0.814. The van der Waals surface area contributed by atoms with Crippen LogP contribution in [0.3, 0.4) is 0 Å². The summed E-state index contributed by atoms with van der Waals surface area (Å²) in [5, 5.41) is 0.279. The van der Waals surface area contributed by atoms with Crippen molar-refractivity contribution < 1.29 is 18.3 Å². The number of rotatable bonds is 3. The van der Waals surface area contributed by atoms with Gasteiger partial charge in [-0.3, -0.25) is 0 Å². The number of hydrogen-bond donors (Lipinski definition) is 0. The lowest BCUT2D eigenvalue weighted by Gasteiger charge is -2.18. The van der Waals surface area contributed by atoms with Crippen molar-refractivity contribution in [2.45, 2.75) is 19.6 Å². The van der Waals surface area contributed by atoms with Gasteiger partial charge in [-0.05, 0) is 12.1 Å². The third-order valence-electron chi connectivity index (χ3n) is 3.12. The highest BCUT2D eigenvalue weighted by Gasteiger charge is 2.20. The smallest absolute Gasteiger partial charge is 0.387 e. The van der Waals surface area contributed by atoms with Crippen molar-refractivity contribution >= 4 is 11.6 Å². The van der Waals surface area contributed by atoms with E-state index in [2.05, 4.69) is 14.7 Å². The van der Waals surface area contributed by atoms with Gasteiger partial charge in [-0.2, -0.15) is 8.78 Å². The van der Waals surface area contributed by atoms with Crippen molar-refractivity contribution in [2.24, 2.45) is 0 Å². The minimum absolute atomic E-state index is 0.0237. The molecule has 1 aromatic heterocycles. The molecule has 1 aromatic carbocycles. The maximum absolute atomic E-state index is 12.5. The summed E-state index contributed by atoms with van der Waals surface area (Å²) in [6.07, 6.45) is 0.614. The number of benzene rings is 1. The maximum atomic E-state index is 12.5. The van der Waals surface area contributed by atoms with Gasteiger partial charge in [0.25, 0.3) is 0 Å². The predicted molar refractivity (Wildman–Crippen MR) is 72.5 cm³/mol. The van der Waals surface area contributed by atoms with Crippen molar-refractivity contribution in [2.75, 3.05) is 6.61 Å². The van der Waals surface area contributed by atoms with E-state index in [1.54, 1.807) is 18.2 Å².